The number of benzene rings is 1. The number of ether oxygens (including phenoxy) is 1. The molecule has 1 aromatic rings. The van der Waals surface area contributed by atoms with E-state index in [9.17, 15) is 14.0 Å². The van der Waals surface area contributed by atoms with Gasteiger partial charge in [-0.3, -0.25) is 9.59 Å². The Labute approximate surface area is 115 Å². The van der Waals surface area contributed by atoms with Gasteiger partial charge in [0.25, 0.3) is 5.91 Å². The molecular formula is C14H16FNO4. The van der Waals surface area contributed by atoms with Crippen LogP contribution in [0.4, 0.5) is 4.39 Å². The number of nitrogens with one attached hydrogen (secondary N) is 1. The lowest BCUT2D eigenvalue weighted by atomic mass is 10.0. The third kappa shape index (κ3) is 2.89. The molecule has 2 N–H and O–H groups in total. The van der Waals surface area contributed by atoms with Crippen LogP contribution < -0.4 is 10.1 Å². The molecule has 20 heavy (non-hydrogen) atoms. The number of aliphatic carboxylic acids is 1. The van der Waals surface area contributed by atoms with Gasteiger partial charge in [0.1, 0.15) is 0 Å². The molecule has 0 radical (unpaired) electrons. The third-order valence-electron chi connectivity index (χ3n) is 3.56. The van der Waals surface area contributed by atoms with Gasteiger partial charge in [-0.05, 0) is 31.0 Å². The number of carboxylic acid groups (broad SMARTS) is 1. The van der Waals surface area contributed by atoms with Crippen molar-refractivity contribution in [2.75, 3.05) is 7.11 Å². The number of hydrogen-bond donors (Lipinski definition) is 2. The van der Waals surface area contributed by atoms with E-state index in [4.69, 9.17) is 9.84 Å². The second-order valence-electron chi connectivity index (χ2n) is 4.80. The monoisotopic (exact) mass is 281 g/mol. The molecule has 1 aromatic carbocycles. The fourth-order valence-electron chi connectivity index (χ4n) is 2.49. The summed E-state index contributed by atoms with van der Waals surface area (Å²) in [5.41, 5.74) is 0.152. The second-order valence-corrected chi connectivity index (χ2v) is 4.80. The minimum absolute atomic E-state index is 0.0610. The molecule has 0 spiro atoms. The Balaban J connectivity index is 2.08. The van der Waals surface area contributed by atoms with E-state index in [0.29, 0.717) is 12.8 Å². The normalized spacial score (nSPS) is 21.5. The van der Waals surface area contributed by atoms with Crippen LogP contribution in [-0.4, -0.2) is 30.1 Å². The maximum atomic E-state index is 13.5. The highest BCUT2D eigenvalue weighted by molar-refractivity contribution is 5.94. The van der Waals surface area contributed by atoms with Gasteiger partial charge in [-0.2, -0.15) is 0 Å². The smallest absolute Gasteiger partial charge is 0.308 e. The summed E-state index contributed by atoms with van der Waals surface area (Å²) in [6, 6.07) is 3.50. The molecule has 0 heterocycles. The Morgan fingerprint density at radius 3 is 2.75 bits per heavy atom. The van der Waals surface area contributed by atoms with Crippen LogP contribution in [0.2, 0.25) is 0 Å². The van der Waals surface area contributed by atoms with Gasteiger partial charge in [-0.1, -0.05) is 6.42 Å². The molecule has 1 fully saturated rings. The molecule has 1 saturated carbocycles. The lowest BCUT2D eigenvalue weighted by Gasteiger charge is -2.17. The van der Waals surface area contributed by atoms with Crippen molar-refractivity contribution < 1.29 is 23.8 Å². The summed E-state index contributed by atoms with van der Waals surface area (Å²) in [6.45, 7) is 0. The predicted molar refractivity (Wildman–Crippen MR) is 69.2 cm³/mol. The number of carboxylic acids is 1. The van der Waals surface area contributed by atoms with Gasteiger partial charge in [0.2, 0.25) is 0 Å². The van der Waals surface area contributed by atoms with Crippen LogP contribution in [0.5, 0.6) is 5.75 Å². The molecule has 2 rings (SSSR count). The fourth-order valence-corrected chi connectivity index (χ4v) is 2.49. The number of amides is 1. The molecule has 0 bridgehead atoms. The summed E-state index contributed by atoms with van der Waals surface area (Å²) in [7, 11) is 1.34. The summed E-state index contributed by atoms with van der Waals surface area (Å²) < 4.78 is 18.3. The van der Waals surface area contributed by atoms with Gasteiger partial charge >= 0.3 is 5.97 Å². The van der Waals surface area contributed by atoms with E-state index in [1.807, 2.05) is 0 Å². The van der Waals surface area contributed by atoms with E-state index in [1.54, 1.807) is 0 Å². The lowest BCUT2D eigenvalue weighted by Crippen LogP contribution is -2.40. The van der Waals surface area contributed by atoms with Gasteiger partial charge in [-0.15, -0.1) is 0 Å². The highest BCUT2D eigenvalue weighted by Gasteiger charge is 2.34. The number of hydrogen-bond acceptors (Lipinski definition) is 3. The van der Waals surface area contributed by atoms with E-state index in [-0.39, 0.29) is 11.3 Å². The minimum Gasteiger partial charge on any atom is -0.494 e. The zero-order chi connectivity index (χ0) is 14.7. The number of carbonyl (C=O) groups excluding carboxylic acids is 1. The van der Waals surface area contributed by atoms with Gasteiger partial charge in [0.15, 0.2) is 11.6 Å². The summed E-state index contributed by atoms with van der Waals surface area (Å²) >= 11 is 0. The van der Waals surface area contributed by atoms with Crippen LogP contribution in [0.1, 0.15) is 29.6 Å². The van der Waals surface area contributed by atoms with Crippen molar-refractivity contribution in [2.24, 2.45) is 5.92 Å². The lowest BCUT2D eigenvalue weighted by molar-refractivity contribution is -0.142. The first-order chi connectivity index (χ1) is 9.52. The van der Waals surface area contributed by atoms with Crippen molar-refractivity contribution in [3.8, 4) is 5.75 Å². The molecule has 2 unspecified atom stereocenters. The molecule has 6 heteroatoms. The van der Waals surface area contributed by atoms with E-state index < -0.39 is 29.7 Å². The maximum Gasteiger partial charge on any atom is 0.308 e. The van der Waals surface area contributed by atoms with Crippen LogP contribution in [0.15, 0.2) is 18.2 Å². The Morgan fingerprint density at radius 2 is 2.15 bits per heavy atom. The van der Waals surface area contributed by atoms with Crippen LogP contribution in [0.25, 0.3) is 0 Å². The van der Waals surface area contributed by atoms with E-state index in [0.717, 1.165) is 12.5 Å². The average Bonchev–Trinajstić information content (AvgIpc) is 2.86. The largest absolute Gasteiger partial charge is 0.494 e. The van der Waals surface area contributed by atoms with Crippen molar-refractivity contribution in [3.05, 3.63) is 29.6 Å². The first-order valence-corrected chi connectivity index (χ1v) is 6.40. The molecule has 2 atom stereocenters. The van der Waals surface area contributed by atoms with Crippen LogP contribution >= 0.6 is 0 Å². The number of methoxy groups -OCH3 is 1. The van der Waals surface area contributed by atoms with E-state index in [2.05, 4.69) is 5.32 Å². The molecule has 1 aliphatic rings. The van der Waals surface area contributed by atoms with Gasteiger partial charge < -0.3 is 15.2 Å². The standard InChI is InChI=1S/C14H16FNO4/c1-20-12-6-5-8(7-10(12)15)13(17)16-11-4-2-3-9(11)14(18)19/h5-7,9,11H,2-4H2,1H3,(H,16,17)(H,18,19). The molecular weight excluding hydrogens is 265 g/mol. The Bertz CT molecular complexity index is 532. The fraction of sp³-hybridized carbons (Fsp3) is 0.429. The van der Waals surface area contributed by atoms with E-state index >= 15 is 0 Å². The average molecular weight is 281 g/mol. The van der Waals surface area contributed by atoms with E-state index in [1.165, 1.54) is 19.2 Å². The molecule has 0 saturated heterocycles. The van der Waals surface area contributed by atoms with Crippen molar-refractivity contribution >= 4 is 11.9 Å². The van der Waals surface area contributed by atoms with Crippen LogP contribution in [0.3, 0.4) is 0 Å². The van der Waals surface area contributed by atoms with Crippen molar-refractivity contribution in [2.45, 2.75) is 25.3 Å². The number of rotatable bonds is 4. The number of halogens is 1. The summed E-state index contributed by atoms with van der Waals surface area (Å²) in [5.74, 6) is -2.51. The highest BCUT2D eigenvalue weighted by atomic mass is 19.1. The molecule has 1 aliphatic carbocycles. The van der Waals surface area contributed by atoms with Gasteiger partial charge in [0, 0.05) is 11.6 Å². The molecule has 0 aliphatic heterocycles. The Kier molecular flexibility index (Phi) is 4.22. The highest BCUT2D eigenvalue weighted by Crippen LogP contribution is 2.26. The summed E-state index contributed by atoms with van der Waals surface area (Å²) in [4.78, 5) is 23.0. The number of carbonyl (C=O) groups is 2. The molecule has 0 aromatic heterocycles. The van der Waals surface area contributed by atoms with Crippen LogP contribution in [-0.2, 0) is 4.79 Å². The maximum absolute atomic E-state index is 13.5. The van der Waals surface area contributed by atoms with Gasteiger partial charge in [-0.25, -0.2) is 4.39 Å². The molecule has 5 nitrogen and oxygen atoms in total. The first-order valence-electron chi connectivity index (χ1n) is 6.40. The van der Waals surface area contributed by atoms with Crippen molar-refractivity contribution in [1.29, 1.82) is 0 Å². The molecule has 108 valence electrons. The Hall–Kier alpha value is -2.11. The third-order valence-corrected chi connectivity index (χ3v) is 3.56. The van der Waals surface area contributed by atoms with Crippen LogP contribution in [0, 0.1) is 11.7 Å². The Morgan fingerprint density at radius 1 is 1.40 bits per heavy atom. The van der Waals surface area contributed by atoms with Crippen molar-refractivity contribution in [1.82, 2.24) is 5.32 Å². The second kappa shape index (κ2) is 5.90. The van der Waals surface area contributed by atoms with Gasteiger partial charge in [0.05, 0.1) is 13.0 Å². The quantitative estimate of drug-likeness (QED) is 0.882. The SMILES string of the molecule is COc1ccc(C(=O)NC2CCCC2C(=O)O)cc1F. The summed E-state index contributed by atoms with van der Waals surface area (Å²) in [5, 5.41) is 11.7. The topological polar surface area (TPSA) is 75.6 Å². The predicted octanol–water partition coefficient (Wildman–Crippen LogP) is 1.82. The minimum atomic E-state index is -0.909. The zero-order valence-corrected chi connectivity index (χ0v) is 11.1. The van der Waals surface area contributed by atoms with Crippen molar-refractivity contribution in [3.63, 3.8) is 0 Å². The molecule has 1 amide bonds. The first kappa shape index (κ1) is 14.3. The summed E-state index contributed by atoms with van der Waals surface area (Å²) in [6.07, 6.45) is 1.94. The zero-order valence-electron chi connectivity index (χ0n) is 11.1.